The van der Waals surface area contributed by atoms with Gasteiger partial charge in [0.15, 0.2) is 5.76 Å². The first-order chi connectivity index (χ1) is 12.5. The van der Waals surface area contributed by atoms with Crippen molar-refractivity contribution < 1.29 is 18.9 Å². The van der Waals surface area contributed by atoms with Crippen LogP contribution in [0.15, 0.2) is 52.8 Å². The van der Waals surface area contributed by atoms with Gasteiger partial charge in [-0.15, -0.1) is 0 Å². The first-order valence-electron chi connectivity index (χ1n) is 8.06. The fourth-order valence-corrected chi connectivity index (χ4v) is 2.28. The van der Waals surface area contributed by atoms with Crippen LogP contribution < -0.4 is 5.32 Å². The zero-order valence-corrected chi connectivity index (χ0v) is 14.5. The average molecular weight is 357 g/mol. The van der Waals surface area contributed by atoms with Crippen LogP contribution in [0, 0.1) is 10.1 Å². The highest BCUT2D eigenvalue weighted by atomic mass is 16.6. The molecule has 0 saturated carbocycles. The van der Waals surface area contributed by atoms with Gasteiger partial charge in [-0.25, -0.2) is 0 Å². The number of amides is 2. The van der Waals surface area contributed by atoms with Crippen LogP contribution in [0.25, 0.3) is 6.08 Å². The van der Waals surface area contributed by atoms with Crippen molar-refractivity contribution in [2.75, 3.05) is 13.1 Å². The topological polar surface area (TPSA) is 106 Å². The lowest BCUT2D eigenvalue weighted by Crippen LogP contribution is -2.38. The van der Waals surface area contributed by atoms with Crippen molar-refractivity contribution in [3.8, 4) is 0 Å². The third-order valence-electron chi connectivity index (χ3n) is 3.69. The maximum atomic E-state index is 12.7. The average Bonchev–Trinajstić information content (AvgIpc) is 3.17. The Labute approximate surface area is 150 Å². The molecule has 0 atom stereocenters. The third-order valence-corrected chi connectivity index (χ3v) is 3.69. The molecule has 136 valence electrons. The van der Waals surface area contributed by atoms with Crippen molar-refractivity contribution in [1.29, 1.82) is 0 Å². The van der Waals surface area contributed by atoms with E-state index < -0.39 is 10.8 Å². The number of benzene rings is 1. The first-order valence-corrected chi connectivity index (χ1v) is 8.06. The van der Waals surface area contributed by atoms with Gasteiger partial charge in [0.25, 0.3) is 17.5 Å². The highest BCUT2D eigenvalue weighted by Gasteiger charge is 2.20. The summed E-state index contributed by atoms with van der Waals surface area (Å²) < 4.78 is 5.04. The molecule has 0 fully saturated rings. The summed E-state index contributed by atoms with van der Waals surface area (Å²) in [6.45, 7) is 4.62. The molecule has 0 aliphatic rings. The predicted molar refractivity (Wildman–Crippen MR) is 95.2 cm³/mol. The molecular weight excluding hydrogens is 338 g/mol. The molecule has 0 aliphatic carbocycles. The van der Waals surface area contributed by atoms with Crippen molar-refractivity contribution in [1.82, 2.24) is 10.2 Å². The highest BCUT2D eigenvalue weighted by Crippen LogP contribution is 2.15. The number of likely N-dealkylation sites (N-methyl/N-ethyl adjacent to an activating group) is 1. The van der Waals surface area contributed by atoms with Gasteiger partial charge in [-0.05, 0) is 49.8 Å². The van der Waals surface area contributed by atoms with Crippen molar-refractivity contribution in [3.63, 3.8) is 0 Å². The molecule has 2 amide bonds. The lowest BCUT2D eigenvalue weighted by atomic mass is 10.1. The molecule has 8 nitrogen and oxygen atoms in total. The highest BCUT2D eigenvalue weighted by molar-refractivity contribution is 6.04. The summed E-state index contributed by atoms with van der Waals surface area (Å²) in [5.41, 5.74) is 0.549. The Balaban J connectivity index is 2.33. The van der Waals surface area contributed by atoms with E-state index in [1.807, 2.05) is 13.8 Å². The Morgan fingerprint density at radius 3 is 2.35 bits per heavy atom. The molecule has 1 aromatic heterocycles. The smallest absolute Gasteiger partial charge is 0.291 e. The zero-order valence-electron chi connectivity index (χ0n) is 14.5. The van der Waals surface area contributed by atoms with Crippen LogP contribution in [0.2, 0.25) is 0 Å². The van der Waals surface area contributed by atoms with Gasteiger partial charge in [0, 0.05) is 25.2 Å². The van der Waals surface area contributed by atoms with Gasteiger partial charge in [-0.3, -0.25) is 19.7 Å². The molecule has 0 radical (unpaired) electrons. The molecule has 26 heavy (non-hydrogen) atoms. The van der Waals surface area contributed by atoms with E-state index in [0.29, 0.717) is 18.7 Å². The summed E-state index contributed by atoms with van der Waals surface area (Å²) >= 11 is 0. The summed E-state index contributed by atoms with van der Waals surface area (Å²) in [7, 11) is 0. The second-order valence-electron chi connectivity index (χ2n) is 5.32. The van der Waals surface area contributed by atoms with Crippen LogP contribution in [0.4, 0.5) is 5.69 Å². The molecule has 1 heterocycles. The van der Waals surface area contributed by atoms with Crippen molar-refractivity contribution in [3.05, 3.63) is 69.8 Å². The predicted octanol–water partition coefficient (Wildman–Crippen LogP) is 2.83. The summed E-state index contributed by atoms with van der Waals surface area (Å²) in [4.78, 5) is 36.7. The van der Waals surface area contributed by atoms with E-state index in [-0.39, 0.29) is 23.1 Å². The van der Waals surface area contributed by atoms with Crippen LogP contribution in [0.3, 0.4) is 0 Å². The third kappa shape index (κ3) is 4.56. The summed E-state index contributed by atoms with van der Waals surface area (Å²) in [6, 6.07) is 8.74. The molecule has 0 bridgehead atoms. The molecule has 1 aromatic carbocycles. The quantitative estimate of drug-likeness (QED) is 0.466. The van der Waals surface area contributed by atoms with Gasteiger partial charge >= 0.3 is 0 Å². The van der Waals surface area contributed by atoms with E-state index in [0.717, 1.165) is 0 Å². The number of non-ortho nitro benzene ring substituents is 1. The standard InChI is InChI=1S/C18H19N3O5/c1-3-20(4-2)18(23)15(19-17(22)16-6-5-11-26-16)12-13-7-9-14(10-8-13)21(24)25/h5-12H,3-4H2,1-2H3,(H,19,22)/b15-12-. The number of rotatable bonds is 7. The van der Waals surface area contributed by atoms with Gasteiger partial charge in [-0.1, -0.05) is 0 Å². The minimum Gasteiger partial charge on any atom is -0.459 e. The number of nitrogens with zero attached hydrogens (tertiary/aromatic N) is 2. The molecule has 0 aliphatic heterocycles. The molecule has 2 aromatic rings. The summed E-state index contributed by atoms with van der Waals surface area (Å²) in [5.74, 6) is -0.830. The van der Waals surface area contributed by atoms with E-state index >= 15 is 0 Å². The van der Waals surface area contributed by atoms with Crippen molar-refractivity contribution >= 4 is 23.6 Å². The Bertz CT molecular complexity index is 806. The molecule has 0 unspecified atom stereocenters. The minimum atomic E-state index is -0.552. The molecule has 1 N–H and O–H groups in total. The fraction of sp³-hybridized carbons (Fsp3) is 0.222. The number of carbonyl (C=O) groups is 2. The van der Waals surface area contributed by atoms with E-state index in [4.69, 9.17) is 4.42 Å². The van der Waals surface area contributed by atoms with Gasteiger partial charge in [0.1, 0.15) is 5.70 Å². The number of hydrogen-bond donors (Lipinski definition) is 1. The maximum Gasteiger partial charge on any atom is 0.291 e. The van der Waals surface area contributed by atoms with Crippen LogP contribution in [-0.2, 0) is 4.79 Å². The second-order valence-corrected chi connectivity index (χ2v) is 5.32. The fourth-order valence-electron chi connectivity index (χ4n) is 2.28. The Kier molecular flexibility index (Phi) is 6.26. The Morgan fingerprint density at radius 2 is 1.85 bits per heavy atom. The number of nitrogens with one attached hydrogen (secondary N) is 1. The van der Waals surface area contributed by atoms with E-state index in [9.17, 15) is 19.7 Å². The lowest BCUT2D eigenvalue weighted by Gasteiger charge is -2.20. The maximum absolute atomic E-state index is 12.7. The minimum absolute atomic E-state index is 0.0570. The van der Waals surface area contributed by atoms with Crippen LogP contribution in [0.1, 0.15) is 30.0 Å². The number of carbonyl (C=O) groups excluding carboxylic acids is 2. The monoisotopic (exact) mass is 357 g/mol. The number of nitro benzene ring substituents is 1. The molecular formula is C18H19N3O5. The normalized spacial score (nSPS) is 11.1. The van der Waals surface area contributed by atoms with Gasteiger partial charge in [0.2, 0.25) is 0 Å². The Hall–Kier alpha value is -3.42. The van der Waals surface area contributed by atoms with Crippen LogP contribution in [-0.4, -0.2) is 34.7 Å². The number of furan rings is 1. The SMILES string of the molecule is CCN(CC)C(=O)/C(=C/c1ccc([N+](=O)[O-])cc1)NC(=O)c1ccco1. The van der Waals surface area contributed by atoms with Gasteiger partial charge in [-0.2, -0.15) is 0 Å². The van der Waals surface area contributed by atoms with Crippen LogP contribution in [0.5, 0.6) is 0 Å². The van der Waals surface area contributed by atoms with Gasteiger partial charge < -0.3 is 14.6 Å². The lowest BCUT2D eigenvalue weighted by molar-refractivity contribution is -0.384. The van der Waals surface area contributed by atoms with E-state index in [1.54, 1.807) is 11.0 Å². The van der Waals surface area contributed by atoms with Gasteiger partial charge in [0.05, 0.1) is 11.2 Å². The molecule has 8 heteroatoms. The van der Waals surface area contributed by atoms with Crippen molar-refractivity contribution in [2.45, 2.75) is 13.8 Å². The first kappa shape index (κ1) is 18.9. The number of hydrogen-bond acceptors (Lipinski definition) is 5. The van der Waals surface area contributed by atoms with Crippen LogP contribution >= 0.6 is 0 Å². The molecule has 0 saturated heterocycles. The molecule has 0 spiro atoms. The second kappa shape index (κ2) is 8.61. The molecule has 2 rings (SSSR count). The number of nitro groups is 1. The Morgan fingerprint density at radius 1 is 1.19 bits per heavy atom. The summed E-state index contributed by atoms with van der Waals surface area (Å²) in [5, 5.41) is 13.3. The summed E-state index contributed by atoms with van der Waals surface area (Å²) in [6.07, 6.45) is 2.84. The van der Waals surface area contributed by atoms with Crippen molar-refractivity contribution in [2.24, 2.45) is 0 Å². The largest absolute Gasteiger partial charge is 0.459 e. The van der Waals surface area contributed by atoms with E-state index in [2.05, 4.69) is 5.32 Å². The van der Waals surface area contributed by atoms with E-state index in [1.165, 1.54) is 42.7 Å². The zero-order chi connectivity index (χ0) is 19.1.